The molecule has 0 fully saturated rings. The Morgan fingerprint density at radius 1 is 1.67 bits per heavy atom. The highest BCUT2D eigenvalue weighted by Gasteiger charge is 2.11. The first-order valence-electron chi connectivity index (χ1n) is 2.84. The molecular formula is C7H8ClN. The summed E-state index contributed by atoms with van der Waals surface area (Å²) < 4.78 is 0. The third-order valence-electron chi connectivity index (χ3n) is 1.41. The molecule has 9 heavy (non-hydrogen) atoms. The minimum Gasteiger partial charge on any atom is -0.305 e. The van der Waals surface area contributed by atoms with Crippen LogP contribution in [0.25, 0.3) is 0 Å². The van der Waals surface area contributed by atoms with Crippen molar-refractivity contribution in [2.24, 2.45) is 5.92 Å². The molecule has 0 saturated carbocycles. The van der Waals surface area contributed by atoms with Crippen molar-refractivity contribution in [1.29, 1.82) is 5.41 Å². The lowest BCUT2D eigenvalue weighted by molar-refractivity contribution is 0.963. The van der Waals surface area contributed by atoms with Crippen molar-refractivity contribution in [3.05, 3.63) is 23.3 Å². The first-order chi connectivity index (χ1) is 4.22. The van der Waals surface area contributed by atoms with Crippen molar-refractivity contribution in [2.75, 3.05) is 0 Å². The van der Waals surface area contributed by atoms with Gasteiger partial charge in [0.05, 0.1) is 0 Å². The van der Waals surface area contributed by atoms with Crippen LogP contribution < -0.4 is 0 Å². The minimum atomic E-state index is 0.0941. The summed E-state index contributed by atoms with van der Waals surface area (Å²) in [4.78, 5) is 0. The van der Waals surface area contributed by atoms with Crippen LogP contribution in [0.2, 0.25) is 0 Å². The summed E-state index contributed by atoms with van der Waals surface area (Å²) in [6.45, 7) is 1.92. The Balaban J connectivity index is 2.86. The Morgan fingerprint density at radius 3 is 2.78 bits per heavy atom. The molecule has 0 aliphatic heterocycles. The van der Waals surface area contributed by atoms with Gasteiger partial charge in [0.2, 0.25) is 0 Å². The number of rotatable bonds is 0. The number of hydrogen-bond donors (Lipinski definition) is 1. The van der Waals surface area contributed by atoms with E-state index in [2.05, 4.69) is 0 Å². The zero-order valence-corrected chi connectivity index (χ0v) is 5.94. The molecule has 1 rings (SSSR count). The average Bonchev–Trinajstić information content (AvgIpc) is 1.83. The maximum Gasteiger partial charge on any atom is 0.0394 e. The third-order valence-corrected chi connectivity index (χ3v) is 1.86. The van der Waals surface area contributed by atoms with Gasteiger partial charge in [-0.05, 0) is 12.2 Å². The van der Waals surface area contributed by atoms with Crippen LogP contribution in [0.4, 0.5) is 0 Å². The van der Waals surface area contributed by atoms with E-state index in [1.165, 1.54) is 0 Å². The fourth-order valence-electron chi connectivity index (χ4n) is 0.681. The van der Waals surface area contributed by atoms with Crippen molar-refractivity contribution in [1.82, 2.24) is 0 Å². The summed E-state index contributed by atoms with van der Waals surface area (Å²) in [6, 6.07) is 0. The smallest absolute Gasteiger partial charge is 0.0394 e. The van der Waals surface area contributed by atoms with Crippen LogP contribution >= 0.6 is 11.6 Å². The lowest BCUT2D eigenvalue weighted by Gasteiger charge is -2.10. The quantitative estimate of drug-likeness (QED) is 0.536. The average molecular weight is 142 g/mol. The Morgan fingerprint density at radius 2 is 2.33 bits per heavy atom. The Bertz CT molecular complexity index is 191. The van der Waals surface area contributed by atoms with Gasteiger partial charge in [0.15, 0.2) is 0 Å². The lowest BCUT2D eigenvalue weighted by atomic mass is 10.0. The standard InChI is InChI=1S/C7H8ClN/c1-5-6(8)3-2-4-7(5)9/h2-5,9H,1H3. The summed E-state index contributed by atoms with van der Waals surface area (Å²) in [5.41, 5.74) is 0.586. The van der Waals surface area contributed by atoms with Gasteiger partial charge in [-0.2, -0.15) is 0 Å². The van der Waals surface area contributed by atoms with E-state index in [1.54, 1.807) is 12.2 Å². The van der Waals surface area contributed by atoms with Crippen LogP contribution in [0, 0.1) is 11.3 Å². The van der Waals surface area contributed by atoms with Gasteiger partial charge in [-0.1, -0.05) is 24.6 Å². The molecule has 0 aromatic heterocycles. The molecule has 0 saturated heterocycles. The summed E-state index contributed by atoms with van der Waals surface area (Å²) in [7, 11) is 0. The largest absolute Gasteiger partial charge is 0.305 e. The van der Waals surface area contributed by atoms with E-state index >= 15 is 0 Å². The Hall–Kier alpha value is -0.560. The molecule has 0 aromatic carbocycles. The monoisotopic (exact) mass is 141 g/mol. The molecule has 2 heteroatoms. The van der Waals surface area contributed by atoms with Crippen molar-refractivity contribution in [3.63, 3.8) is 0 Å². The van der Waals surface area contributed by atoms with Crippen LogP contribution in [0.5, 0.6) is 0 Å². The first-order valence-corrected chi connectivity index (χ1v) is 3.22. The van der Waals surface area contributed by atoms with Crippen LogP contribution in [0.3, 0.4) is 0 Å². The molecule has 0 heterocycles. The van der Waals surface area contributed by atoms with Gasteiger partial charge < -0.3 is 5.41 Å². The number of hydrogen-bond acceptors (Lipinski definition) is 1. The van der Waals surface area contributed by atoms with Gasteiger partial charge in [-0.15, -0.1) is 0 Å². The second-order valence-electron chi connectivity index (χ2n) is 2.09. The summed E-state index contributed by atoms with van der Waals surface area (Å²) in [5, 5.41) is 8.07. The SMILES string of the molecule is CC1C(=N)C=CC=C1Cl. The lowest BCUT2D eigenvalue weighted by Crippen LogP contribution is -2.09. The fraction of sp³-hybridized carbons (Fsp3) is 0.286. The Kier molecular flexibility index (Phi) is 1.72. The van der Waals surface area contributed by atoms with E-state index in [4.69, 9.17) is 17.0 Å². The van der Waals surface area contributed by atoms with Gasteiger partial charge >= 0.3 is 0 Å². The number of nitrogens with one attached hydrogen (secondary N) is 1. The van der Waals surface area contributed by atoms with E-state index in [9.17, 15) is 0 Å². The summed E-state index contributed by atoms with van der Waals surface area (Å²) in [6.07, 6.45) is 5.38. The molecule has 1 N–H and O–H groups in total. The van der Waals surface area contributed by atoms with Crippen molar-refractivity contribution in [2.45, 2.75) is 6.92 Å². The van der Waals surface area contributed by atoms with Crippen LogP contribution in [-0.2, 0) is 0 Å². The normalized spacial score (nSPS) is 26.2. The molecule has 1 aliphatic carbocycles. The molecule has 0 aromatic rings. The number of allylic oxidation sites excluding steroid dienone is 4. The highest BCUT2D eigenvalue weighted by Crippen LogP contribution is 2.19. The van der Waals surface area contributed by atoms with Crippen LogP contribution in [0.15, 0.2) is 23.3 Å². The van der Waals surface area contributed by atoms with E-state index in [0.717, 1.165) is 5.03 Å². The van der Waals surface area contributed by atoms with Gasteiger partial charge in [-0.3, -0.25) is 0 Å². The van der Waals surface area contributed by atoms with E-state index in [1.807, 2.05) is 13.0 Å². The topological polar surface area (TPSA) is 23.9 Å². The van der Waals surface area contributed by atoms with Gasteiger partial charge in [0.1, 0.15) is 0 Å². The summed E-state index contributed by atoms with van der Waals surface area (Å²) >= 11 is 5.73. The minimum absolute atomic E-state index is 0.0941. The van der Waals surface area contributed by atoms with E-state index in [-0.39, 0.29) is 5.92 Å². The predicted octanol–water partition coefficient (Wildman–Crippen LogP) is 2.33. The van der Waals surface area contributed by atoms with Gasteiger partial charge in [0, 0.05) is 16.7 Å². The highest BCUT2D eigenvalue weighted by molar-refractivity contribution is 6.32. The molecule has 0 spiro atoms. The molecule has 0 radical (unpaired) electrons. The molecule has 0 amide bonds. The van der Waals surface area contributed by atoms with Crippen LogP contribution in [0.1, 0.15) is 6.92 Å². The highest BCUT2D eigenvalue weighted by atomic mass is 35.5. The Labute approximate surface area is 59.5 Å². The predicted molar refractivity (Wildman–Crippen MR) is 40.0 cm³/mol. The van der Waals surface area contributed by atoms with E-state index in [0.29, 0.717) is 5.71 Å². The molecule has 1 aliphatic rings. The molecule has 1 unspecified atom stereocenters. The third kappa shape index (κ3) is 1.22. The van der Waals surface area contributed by atoms with Crippen molar-refractivity contribution in [3.8, 4) is 0 Å². The van der Waals surface area contributed by atoms with Gasteiger partial charge in [0.25, 0.3) is 0 Å². The molecule has 1 nitrogen and oxygen atoms in total. The maximum absolute atomic E-state index is 7.31. The second-order valence-corrected chi connectivity index (χ2v) is 2.52. The fourth-order valence-corrected chi connectivity index (χ4v) is 0.871. The number of halogens is 1. The van der Waals surface area contributed by atoms with Crippen molar-refractivity contribution >= 4 is 17.3 Å². The zero-order chi connectivity index (χ0) is 6.85. The van der Waals surface area contributed by atoms with Crippen LogP contribution in [-0.4, -0.2) is 5.71 Å². The second kappa shape index (κ2) is 2.36. The van der Waals surface area contributed by atoms with Gasteiger partial charge in [-0.25, -0.2) is 0 Å². The summed E-state index contributed by atoms with van der Waals surface area (Å²) in [5.74, 6) is 0.0941. The zero-order valence-electron chi connectivity index (χ0n) is 5.19. The first kappa shape index (κ1) is 6.56. The molecular weight excluding hydrogens is 134 g/mol. The van der Waals surface area contributed by atoms with E-state index < -0.39 is 0 Å². The molecule has 0 bridgehead atoms. The maximum atomic E-state index is 7.31. The molecule has 1 atom stereocenters. The van der Waals surface area contributed by atoms with Crippen molar-refractivity contribution < 1.29 is 0 Å². The molecule has 48 valence electrons.